The average Bonchev–Trinajstić information content (AvgIpc) is 3.07. The molecule has 1 aliphatic heterocycles. The molecule has 0 spiro atoms. The highest BCUT2D eigenvalue weighted by atomic mass is 127. The van der Waals surface area contributed by atoms with Crippen molar-refractivity contribution < 1.29 is 13.2 Å². The van der Waals surface area contributed by atoms with Crippen LogP contribution in [0.15, 0.2) is 10.4 Å². The molecule has 0 saturated carbocycles. The standard InChI is InChI=1S/C14H21F3N4S.HI/c1-4-13(2)5-6-21(9-13)12(18-3)19-7-11-20-10(8-22-11)14(15,16)17;/h8H,4-7,9H2,1-3H3,(H,18,19);1H. The van der Waals surface area contributed by atoms with Gasteiger partial charge in [-0.3, -0.25) is 4.99 Å². The molecule has 1 N–H and O–H groups in total. The van der Waals surface area contributed by atoms with Crippen LogP contribution in [0.5, 0.6) is 0 Å². The van der Waals surface area contributed by atoms with Crippen LogP contribution in [0.3, 0.4) is 0 Å². The average molecular weight is 462 g/mol. The normalized spacial score (nSPS) is 22.2. The van der Waals surface area contributed by atoms with Gasteiger partial charge < -0.3 is 10.2 Å². The molecule has 0 bridgehead atoms. The molecule has 0 aromatic carbocycles. The maximum absolute atomic E-state index is 12.5. The third kappa shape index (κ3) is 5.20. The van der Waals surface area contributed by atoms with Crippen LogP contribution in [0.4, 0.5) is 13.2 Å². The minimum atomic E-state index is -4.38. The monoisotopic (exact) mass is 462 g/mol. The third-order valence-electron chi connectivity index (χ3n) is 4.16. The minimum Gasteiger partial charge on any atom is -0.350 e. The summed E-state index contributed by atoms with van der Waals surface area (Å²) in [6.45, 7) is 6.50. The van der Waals surface area contributed by atoms with Crippen LogP contribution in [-0.2, 0) is 12.7 Å². The van der Waals surface area contributed by atoms with Crippen LogP contribution in [0.1, 0.15) is 37.4 Å². The second-order valence-corrected chi connectivity index (χ2v) is 6.80. The van der Waals surface area contributed by atoms with Crippen LogP contribution in [0.25, 0.3) is 0 Å². The van der Waals surface area contributed by atoms with Gasteiger partial charge in [0.2, 0.25) is 0 Å². The van der Waals surface area contributed by atoms with Crippen molar-refractivity contribution in [1.82, 2.24) is 15.2 Å². The van der Waals surface area contributed by atoms with Gasteiger partial charge in [0.25, 0.3) is 0 Å². The summed E-state index contributed by atoms with van der Waals surface area (Å²) in [7, 11) is 1.69. The summed E-state index contributed by atoms with van der Waals surface area (Å²) >= 11 is 1.01. The van der Waals surface area contributed by atoms with Gasteiger partial charge in [-0.05, 0) is 18.3 Å². The molecule has 0 radical (unpaired) electrons. The quantitative estimate of drug-likeness (QED) is 0.420. The Kier molecular flexibility index (Phi) is 7.12. The Bertz CT molecular complexity index is 546. The molecule has 1 aromatic rings. The first kappa shape index (κ1) is 20.5. The fourth-order valence-electron chi connectivity index (χ4n) is 2.50. The van der Waals surface area contributed by atoms with Gasteiger partial charge in [-0.15, -0.1) is 35.3 Å². The molecule has 1 fully saturated rings. The summed E-state index contributed by atoms with van der Waals surface area (Å²) in [4.78, 5) is 10.00. The number of aliphatic imine (C=N–C) groups is 1. The number of halogens is 4. The molecule has 1 aliphatic rings. The summed E-state index contributed by atoms with van der Waals surface area (Å²) in [5.74, 6) is 0.723. The molecule has 0 aliphatic carbocycles. The summed E-state index contributed by atoms with van der Waals surface area (Å²) in [5, 5.41) is 4.56. The van der Waals surface area contributed by atoms with Crippen LogP contribution in [0, 0.1) is 5.41 Å². The van der Waals surface area contributed by atoms with E-state index in [0.29, 0.717) is 5.01 Å². The Morgan fingerprint density at radius 1 is 1.52 bits per heavy atom. The SMILES string of the molecule is CCC1(C)CCN(C(=NC)NCc2nc(C(F)(F)F)cs2)C1.I. The first-order chi connectivity index (χ1) is 10.3. The van der Waals surface area contributed by atoms with E-state index in [1.165, 1.54) is 0 Å². The fourth-order valence-corrected chi connectivity index (χ4v) is 3.24. The lowest BCUT2D eigenvalue weighted by molar-refractivity contribution is -0.140. The molecule has 23 heavy (non-hydrogen) atoms. The minimum absolute atomic E-state index is 0. The van der Waals surface area contributed by atoms with Crippen LogP contribution >= 0.6 is 35.3 Å². The first-order valence-corrected chi connectivity index (χ1v) is 8.12. The van der Waals surface area contributed by atoms with Gasteiger partial charge in [0, 0.05) is 25.5 Å². The molecule has 4 nitrogen and oxygen atoms in total. The number of hydrogen-bond donors (Lipinski definition) is 1. The van der Waals surface area contributed by atoms with Gasteiger partial charge in [-0.1, -0.05) is 13.8 Å². The van der Waals surface area contributed by atoms with Crippen LogP contribution < -0.4 is 5.32 Å². The van der Waals surface area contributed by atoms with Crippen molar-refractivity contribution in [2.24, 2.45) is 10.4 Å². The largest absolute Gasteiger partial charge is 0.434 e. The Labute approximate surface area is 155 Å². The molecular formula is C14H22F3IN4S. The number of guanidine groups is 1. The lowest BCUT2D eigenvalue weighted by atomic mass is 9.87. The second-order valence-electron chi connectivity index (χ2n) is 5.86. The Morgan fingerprint density at radius 3 is 2.70 bits per heavy atom. The number of thiazole rings is 1. The van der Waals surface area contributed by atoms with Gasteiger partial charge in [-0.2, -0.15) is 13.2 Å². The smallest absolute Gasteiger partial charge is 0.350 e. The molecule has 2 heterocycles. The highest BCUT2D eigenvalue weighted by Crippen LogP contribution is 2.33. The molecule has 1 unspecified atom stereocenters. The third-order valence-corrected chi connectivity index (χ3v) is 5.01. The van der Waals surface area contributed by atoms with E-state index in [9.17, 15) is 13.2 Å². The summed E-state index contributed by atoms with van der Waals surface area (Å²) < 4.78 is 37.6. The van der Waals surface area contributed by atoms with Gasteiger partial charge in [0.15, 0.2) is 11.7 Å². The zero-order valence-electron chi connectivity index (χ0n) is 13.4. The highest BCUT2D eigenvalue weighted by Gasteiger charge is 2.35. The fraction of sp³-hybridized carbons (Fsp3) is 0.714. The highest BCUT2D eigenvalue weighted by molar-refractivity contribution is 14.0. The summed E-state index contributed by atoms with van der Waals surface area (Å²) in [6, 6.07) is 0. The van der Waals surface area contributed by atoms with E-state index < -0.39 is 11.9 Å². The topological polar surface area (TPSA) is 40.5 Å². The van der Waals surface area contributed by atoms with Crippen LogP contribution in [-0.4, -0.2) is 36.0 Å². The second kappa shape index (κ2) is 8.00. The van der Waals surface area contributed by atoms with E-state index in [0.717, 1.165) is 48.6 Å². The number of likely N-dealkylation sites (tertiary alicyclic amines) is 1. The lowest BCUT2D eigenvalue weighted by Crippen LogP contribution is -2.40. The van der Waals surface area contributed by atoms with E-state index in [-0.39, 0.29) is 35.9 Å². The molecule has 2 rings (SSSR count). The summed E-state index contributed by atoms with van der Waals surface area (Å²) in [6.07, 6.45) is -2.18. The molecule has 0 amide bonds. The van der Waals surface area contributed by atoms with Crippen molar-refractivity contribution in [3.8, 4) is 0 Å². The van der Waals surface area contributed by atoms with Gasteiger partial charge in [0.1, 0.15) is 5.01 Å². The van der Waals surface area contributed by atoms with E-state index in [1.54, 1.807) is 7.05 Å². The van der Waals surface area contributed by atoms with Crippen LogP contribution in [0.2, 0.25) is 0 Å². The Morgan fingerprint density at radius 2 is 2.22 bits per heavy atom. The van der Waals surface area contributed by atoms with Crippen molar-refractivity contribution in [2.75, 3.05) is 20.1 Å². The van der Waals surface area contributed by atoms with Gasteiger partial charge in [0.05, 0.1) is 6.54 Å². The van der Waals surface area contributed by atoms with E-state index >= 15 is 0 Å². The van der Waals surface area contributed by atoms with Gasteiger partial charge in [-0.25, -0.2) is 4.98 Å². The predicted molar refractivity (Wildman–Crippen MR) is 97.3 cm³/mol. The number of alkyl halides is 3. The number of aromatic nitrogens is 1. The van der Waals surface area contributed by atoms with Crippen molar-refractivity contribution >= 4 is 41.3 Å². The Hall–Kier alpha value is -0.580. The number of nitrogens with one attached hydrogen (secondary N) is 1. The van der Waals surface area contributed by atoms with E-state index in [2.05, 4.69) is 34.0 Å². The maximum Gasteiger partial charge on any atom is 0.434 e. The number of hydrogen-bond acceptors (Lipinski definition) is 3. The van der Waals surface area contributed by atoms with E-state index in [4.69, 9.17) is 0 Å². The van der Waals surface area contributed by atoms with Crippen molar-refractivity contribution in [2.45, 2.75) is 39.4 Å². The molecular weight excluding hydrogens is 440 g/mol. The zero-order valence-corrected chi connectivity index (χ0v) is 16.6. The van der Waals surface area contributed by atoms with Crippen molar-refractivity contribution in [1.29, 1.82) is 0 Å². The number of nitrogens with zero attached hydrogens (tertiary/aromatic N) is 3. The Balaban J connectivity index is 0.00000264. The predicted octanol–water partition coefficient (Wildman–Crippen LogP) is 3.98. The van der Waals surface area contributed by atoms with Crippen molar-refractivity contribution in [3.63, 3.8) is 0 Å². The molecule has 1 aromatic heterocycles. The van der Waals surface area contributed by atoms with Gasteiger partial charge >= 0.3 is 6.18 Å². The summed E-state index contributed by atoms with van der Waals surface area (Å²) in [5.41, 5.74) is -0.550. The lowest BCUT2D eigenvalue weighted by Gasteiger charge is -2.25. The van der Waals surface area contributed by atoms with E-state index in [1.807, 2.05) is 0 Å². The molecule has 1 saturated heterocycles. The number of rotatable bonds is 3. The first-order valence-electron chi connectivity index (χ1n) is 7.24. The molecule has 9 heteroatoms. The maximum atomic E-state index is 12.5. The molecule has 132 valence electrons. The molecule has 1 atom stereocenters. The van der Waals surface area contributed by atoms with Crippen molar-refractivity contribution in [3.05, 3.63) is 16.1 Å². The zero-order chi connectivity index (χ0) is 16.4.